The van der Waals surface area contributed by atoms with Crippen LogP contribution in [-0.2, 0) is 12.0 Å². The molecule has 0 bridgehead atoms. The number of nitrogens with zero attached hydrogens (tertiary/aromatic N) is 3. The van der Waals surface area contributed by atoms with Crippen LogP contribution in [0.3, 0.4) is 0 Å². The SMILES string of the molecule is CC(C)(C)n1c(CCCl)nc2ccc(C#N)cc21. The van der Waals surface area contributed by atoms with Crippen molar-refractivity contribution in [3.8, 4) is 6.07 Å². The molecule has 3 nitrogen and oxygen atoms in total. The van der Waals surface area contributed by atoms with Crippen molar-refractivity contribution >= 4 is 22.6 Å². The highest BCUT2D eigenvalue weighted by Crippen LogP contribution is 2.26. The van der Waals surface area contributed by atoms with E-state index in [0.717, 1.165) is 23.3 Å². The van der Waals surface area contributed by atoms with E-state index in [1.54, 1.807) is 6.07 Å². The Kier molecular flexibility index (Phi) is 3.32. The third-order valence-corrected chi connectivity index (χ3v) is 3.03. The normalized spacial score (nSPS) is 11.7. The number of hydrogen-bond acceptors (Lipinski definition) is 2. The van der Waals surface area contributed by atoms with Gasteiger partial charge < -0.3 is 4.57 Å². The molecule has 0 spiro atoms. The molecule has 1 heterocycles. The van der Waals surface area contributed by atoms with Crippen molar-refractivity contribution in [3.63, 3.8) is 0 Å². The highest BCUT2D eigenvalue weighted by atomic mass is 35.5. The first kappa shape index (κ1) is 12.9. The number of halogens is 1. The van der Waals surface area contributed by atoms with Gasteiger partial charge in [-0.3, -0.25) is 0 Å². The van der Waals surface area contributed by atoms with Crippen LogP contribution in [0.5, 0.6) is 0 Å². The molecule has 2 rings (SSSR count). The van der Waals surface area contributed by atoms with E-state index in [1.807, 2.05) is 12.1 Å². The number of nitriles is 1. The van der Waals surface area contributed by atoms with Crippen molar-refractivity contribution in [2.24, 2.45) is 0 Å². The molecule has 18 heavy (non-hydrogen) atoms. The molecule has 0 saturated heterocycles. The molecular formula is C14H16ClN3. The van der Waals surface area contributed by atoms with Crippen molar-refractivity contribution in [3.05, 3.63) is 29.6 Å². The second-order valence-corrected chi connectivity index (χ2v) is 5.67. The lowest BCUT2D eigenvalue weighted by atomic mass is 10.1. The Hall–Kier alpha value is -1.53. The summed E-state index contributed by atoms with van der Waals surface area (Å²) in [6, 6.07) is 7.76. The van der Waals surface area contributed by atoms with Crippen LogP contribution in [0.2, 0.25) is 0 Å². The largest absolute Gasteiger partial charge is 0.323 e. The minimum atomic E-state index is -0.0791. The van der Waals surface area contributed by atoms with Gasteiger partial charge in [-0.2, -0.15) is 5.26 Å². The minimum absolute atomic E-state index is 0.0791. The van der Waals surface area contributed by atoms with Crippen LogP contribution in [0.4, 0.5) is 0 Å². The van der Waals surface area contributed by atoms with E-state index in [0.29, 0.717) is 11.4 Å². The van der Waals surface area contributed by atoms with E-state index in [1.165, 1.54) is 0 Å². The van der Waals surface area contributed by atoms with E-state index < -0.39 is 0 Å². The fourth-order valence-corrected chi connectivity index (χ4v) is 2.36. The summed E-state index contributed by atoms with van der Waals surface area (Å²) in [5, 5.41) is 9.00. The van der Waals surface area contributed by atoms with Crippen LogP contribution < -0.4 is 0 Å². The second-order valence-electron chi connectivity index (χ2n) is 5.29. The Morgan fingerprint density at radius 2 is 2.11 bits per heavy atom. The van der Waals surface area contributed by atoms with E-state index in [-0.39, 0.29) is 5.54 Å². The third kappa shape index (κ3) is 2.21. The Balaban J connectivity index is 2.75. The smallest absolute Gasteiger partial charge is 0.111 e. The van der Waals surface area contributed by atoms with Crippen LogP contribution in [0.15, 0.2) is 18.2 Å². The van der Waals surface area contributed by atoms with E-state index in [4.69, 9.17) is 16.9 Å². The maximum Gasteiger partial charge on any atom is 0.111 e. The molecule has 1 aromatic carbocycles. The first-order valence-corrected chi connectivity index (χ1v) is 6.49. The molecule has 94 valence electrons. The average molecular weight is 262 g/mol. The number of aryl methyl sites for hydroxylation is 1. The molecule has 0 unspecified atom stereocenters. The fraction of sp³-hybridized carbons (Fsp3) is 0.429. The zero-order valence-corrected chi connectivity index (χ0v) is 11.6. The van der Waals surface area contributed by atoms with Gasteiger partial charge >= 0.3 is 0 Å². The predicted molar refractivity (Wildman–Crippen MR) is 73.9 cm³/mol. The van der Waals surface area contributed by atoms with E-state index in [2.05, 4.69) is 36.4 Å². The molecule has 0 N–H and O–H groups in total. The van der Waals surface area contributed by atoms with Crippen molar-refractivity contribution < 1.29 is 0 Å². The topological polar surface area (TPSA) is 41.6 Å². The van der Waals surface area contributed by atoms with Crippen LogP contribution in [0.25, 0.3) is 11.0 Å². The van der Waals surface area contributed by atoms with Crippen LogP contribution >= 0.6 is 11.6 Å². The van der Waals surface area contributed by atoms with Gasteiger partial charge in [-0.1, -0.05) is 0 Å². The summed E-state index contributed by atoms with van der Waals surface area (Å²) in [5.74, 6) is 1.52. The van der Waals surface area contributed by atoms with Gasteiger partial charge in [0, 0.05) is 17.8 Å². The maximum absolute atomic E-state index is 9.00. The second kappa shape index (κ2) is 4.62. The molecule has 0 saturated carbocycles. The predicted octanol–water partition coefficient (Wildman–Crippen LogP) is 3.44. The first-order valence-electron chi connectivity index (χ1n) is 5.95. The Labute approximate surface area is 112 Å². The van der Waals surface area contributed by atoms with Gasteiger partial charge in [0.25, 0.3) is 0 Å². The lowest BCUT2D eigenvalue weighted by Gasteiger charge is -2.24. The summed E-state index contributed by atoms with van der Waals surface area (Å²) in [6.45, 7) is 6.39. The summed E-state index contributed by atoms with van der Waals surface area (Å²) >= 11 is 5.84. The standard InChI is InChI=1S/C14H16ClN3/c1-14(2,3)18-12-8-10(9-16)4-5-11(12)17-13(18)6-7-15/h4-5,8H,6-7H2,1-3H3. The summed E-state index contributed by atoms with van der Waals surface area (Å²) in [7, 11) is 0. The molecule has 0 atom stereocenters. The number of fused-ring (bicyclic) bond motifs is 1. The number of benzene rings is 1. The van der Waals surface area contributed by atoms with Crippen molar-refractivity contribution in [2.45, 2.75) is 32.7 Å². The molecule has 0 aliphatic rings. The number of rotatable bonds is 2. The molecule has 1 aromatic heterocycles. The van der Waals surface area contributed by atoms with Gasteiger partial charge in [-0.15, -0.1) is 11.6 Å². The monoisotopic (exact) mass is 261 g/mol. The number of alkyl halides is 1. The van der Waals surface area contributed by atoms with Gasteiger partial charge in [0.2, 0.25) is 0 Å². The maximum atomic E-state index is 9.00. The van der Waals surface area contributed by atoms with Gasteiger partial charge in [-0.25, -0.2) is 4.98 Å². The quantitative estimate of drug-likeness (QED) is 0.777. The molecule has 0 aliphatic carbocycles. The summed E-state index contributed by atoms with van der Waals surface area (Å²) < 4.78 is 2.17. The molecule has 0 amide bonds. The van der Waals surface area contributed by atoms with Gasteiger partial charge in [-0.05, 0) is 39.0 Å². The van der Waals surface area contributed by atoms with Gasteiger partial charge in [0.05, 0.1) is 22.7 Å². The Morgan fingerprint density at radius 3 is 2.67 bits per heavy atom. The molecule has 2 aromatic rings. The Morgan fingerprint density at radius 1 is 1.39 bits per heavy atom. The Bertz CT molecular complexity index is 614. The number of hydrogen-bond donors (Lipinski definition) is 0. The molecule has 4 heteroatoms. The molecular weight excluding hydrogens is 246 g/mol. The van der Waals surface area contributed by atoms with E-state index in [9.17, 15) is 0 Å². The van der Waals surface area contributed by atoms with Crippen LogP contribution in [-0.4, -0.2) is 15.4 Å². The molecule has 0 fully saturated rings. The summed E-state index contributed by atoms with van der Waals surface area (Å²) in [6.07, 6.45) is 0.732. The zero-order valence-electron chi connectivity index (χ0n) is 10.9. The van der Waals surface area contributed by atoms with E-state index >= 15 is 0 Å². The zero-order chi connectivity index (χ0) is 13.3. The van der Waals surface area contributed by atoms with Crippen molar-refractivity contribution in [1.82, 2.24) is 9.55 Å². The van der Waals surface area contributed by atoms with Crippen LogP contribution in [0, 0.1) is 11.3 Å². The summed E-state index contributed by atoms with van der Waals surface area (Å²) in [5.41, 5.74) is 2.50. The molecule has 0 radical (unpaired) electrons. The average Bonchev–Trinajstić information content (AvgIpc) is 2.65. The summed E-state index contributed by atoms with van der Waals surface area (Å²) in [4.78, 5) is 4.61. The first-order chi connectivity index (χ1) is 8.47. The minimum Gasteiger partial charge on any atom is -0.323 e. The van der Waals surface area contributed by atoms with Gasteiger partial charge in [0.15, 0.2) is 0 Å². The lowest BCUT2D eigenvalue weighted by molar-refractivity contribution is 0.395. The van der Waals surface area contributed by atoms with Crippen molar-refractivity contribution in [2.75, 3.05) is 5.88 Å². The van der Waals surface area contributed by atoms with Crippen LogP contribution in [0.1, 0.15) is 32.2 Å². The fourth-order valence-electron chi connectivity index (χ4n) is 2.20. The number of imidazole rings is 1. The lowest BCUT2D eigenvalue weighted by Crippen LogP contribution is -2.24. The van der Waals surface area contributed by atoms with Crippen molar-refractivity contribution in [1.29, 1.82) is 5.26 Å². The third-order valence-electron chi connectivity index (χ3n) is 2.84. The highest BCUT2D eigenvalue weighted by molar-refractivity contribution is 6.17. The van der Waals surface area contributed by atoms with Gasteiger partial charge in [0.1, 0.15) is 5.82 Å². The molecule has 0 aliphatic heterocycles. The highest BCUT2D eigenvalue weighted by Gasteiger charge is 2.21. The number of aromatic nitrogens is 2.